The van der Waals surface area contributed by atoms with Crippen molar-refractivity contribution < 1.29 is 10.3 Å². The summed E-state index contributed by atoms with van der Waals surface area (Å²) in [5.41, 5.74) is 1.13. The lowest BCUT2D eigenvalue weighted by Crippen LogP contribution is -2.46. The highest BCUT2D eigenvalue weighted by Gasteiger charge is 2.42. The molecule has 2 aromatic carbocycles. The zero-order valence-electron chi connectivity index (χ0n) is 13.4. The molecule has 2 aromatic rings. The van der Waals surface area contributed by atoms with Crippen molar-refractivity contribution in [3.05, 3.63) is 71.8 Å². The highest BCUT2D eigenvalue weighted by atomic mass is 16.5. The molecule has 0 amide bonds. The fraction of sp³-hybridized carbons (Fsp3) is 0.400. The number of aliphatic hydroxyl groups is 1. The summed E-state index contributed by atoms with van der Waals surface area (Å²) in [6.45, 7) is 0.405. The van der Waals surface area contributed by atoms with Crippen LogP contribution in [-0.2, 0) is 6.54 Å². The average molecular weight is 311 g/mol. The van der Waals surface area contributed by atoms with Gasteiger partial charge in [-0.05, 0) is 24.0 Å². The molecule has 1 aliphatic carbocycles. The summed E-state index contributed by atoms with van der Waals surface area (Å²) in [5.74, 6) is 0. The number of rotatable bonds is 5. The van der Waals surface area contributed by atoms with Crippen LogP contribution in [0, 0.1) is 0 Å². The van der Waals surface area contributed by atoms with Crippen molar-refractivity contribution in [1.29, 1.82) is 0 Å². The van der Waals surface area contributed by atoms with Gasteiger partial charge in [0.05, 0.1) is 11.6 Å². The second-order valence-electron chi connectivity index (χ2n) is 6.56. The lowest BCUT2D eigenvalue weighted by molar-refractivity contribution is -0.203. The molecule has 1 atom stereocenters. The first-order valence-electron chi connectivity index (χ1n) is 8.46. The molecule has 0 saturated heterocycles. The quantitative estimate of drug-likeness (QED) is 0.809. The Kier molecular flexibility index (Phi) is 5.11. The Morgan fingerprint density at radius 1 is 0.870 bits per heavy atom. The molecule has 1 fully saturated rings. The molecule has 1 aliphatic rings. The highest BCUT2D eigenvalue weighted by molar-refractivity contribution is 5.23. The number of hydroxylamine groups is 2. The first kappa shape index (κ1) is 16.2. The van der Waals surface area contributed by atoms with E-state index in [0.717, 1.165) is 43.2 Å². The topological polar surface area (TPSA) is 43.7 Å². The molecule has 0 aromatic heterocycles. The first-order valence-corrected chi connectivity index (χ1v) is 8.46. The van der Waals surface area contributed by atoms with E-state index in [1.807, 2.05) is 60.7 Å². The summed E-state index contributed by atoms with van der Waals surface area (Å²) in [5, 5.41) is 23.4. The number of hydrogen-bond donors (Lipinski definition) is 2. The van der Waals surface area contributed by atoms with E-state index in [1.54, 1.807) is 0 Å². The van der Waals surface area contributed by atoms with Gasteiger partial charge in [0.25, 0.3) is 0 Å². The summed E-state index contributed by atoms with van der Waals surface area (Å²) < 4.78 is 0. The van der Waals surface area contributed by atoms with Crippen LogP contribution in [0.25, 0.3) is 0 Å². The Morgan fingerprint density at radius 3 is 2.04 bits per heavy atom. The first-order chi connectivity index (χ1) is 11.2. The summed E-state index contributed by atoms with van der Waals surface area (Å²) in [6, 6.07) is 19.4. The van der Waals surface area contributed by atoms with E-state index in [2.05, 4.69) is 0 Å². The van der Waals surface area contributed by atoms with E-state index in [9.17, 15) is 10.3 Å². The van der Waals surface area contributed by atoms with Crippen molar-refractivity contribution in [1.82, 2.24) is 5.06 Å². The van der Waals surface area contributed by atoms with Crippen LogP contribution >= 0.6 is 0 Å². The van der Waals surface area contributed by atoms with Gasteiger partial charge < -0.3 is 10.3 Å². The maximum absolute atomic E-state index is 11.2. The second-order valence-corrected chi connectivity index (χ2v) is 6.56. The molecule has 0 radical (unpaired) electrons. The minimum absolute atomic E-state index is 0.399. The van der Waals surface area contributed by atoms with Crippen molar-refractivity contribution in [3.8, 4) is 0 Å². The Bertz CT molecular complexity index is 594. The number of nitrogens with zero attached hydrogens (tertiary/aromatic N) is 1. The van der Waals surface area contributed by atoms with Gasteiger partial charge in [0.15, 0.2) is 0 Å². The maximum Gasteiger partial charge on any atom is 0.0890 e. The minimum Gasteiger partial charge on any atom is -0.388 e. The second kappa shape index (κ2) is 7.26. The van der Waals surface area contributed by atoms with Crippen LogP contribution in [-0.4, -0.2) is 21.0 Å². The third-order valence-electron chi connectivity index (χ3n) is 4.83. The smallest absolute Gasteiger partial charge is 0.0890 e. The van der Waals surface area contributed by atoms with Gasteiger partial charge in [-0.25, -0.2) is 0 Å². The monoisotopic (exact) mass is 311 g/mol. The molecule has 0 spiro atoms. The van der Waals surface area contributed by atoms with Crippen LogP contribution in [0.2, 0.25) is 0 Å². The van der Waals surface area contributed by atoms with Gasteiger partial charge in [0.2, 0.25) is 0 Å². The largest absolute Gasteiger partial charge is 0.388 e. The molecule has 2 N–H and O–H groups in total. The Morgan fingerprint density at radius 2 is 1.43 bits per heavy atom. The summed E-state index contributed by atoms with van der Waals surface area (Å²) in [7, 11) is 0. The zero-order valence-corrected chi connectivity index (χ0v) is 13.4. The normalized spacial score (nSPS) is 18.7. The fourth-order valence-electron chi connectivity index (χ4n) is 3.69. The average Bonchev–Trinajstić information content (AvgIpc) is 2.57. The van der Waals surface area contributed by atoms with Gasteiger partial charge in [-0.3, -0.25) is 0 Å². The molecule has 3 rings (SSSR count). The number of benzene rings is 2. The molecule has 1 saturated carbocycles. The molecule has 1 unspecified atom stereocenters. The van der Waals surface area contributed by atoms with Crippen LogP contribution in [0.5, 0.6) is 0 Å². The zero-order chi connectivity index (χ0) is 16.1. The summed E-state index contributed by atoms with van der Waals surface area (Å²) in [6.07, 6.45) is 4.66. The molecular weight excluding hydrogens is 286 g/mol. The van der Waals surface area contributed by atoms with Crippen molar-refractivity contribution >= 4 is 0 Å². The minimum atomic E-state index is -0.872. The predicted molar refractivity (Wildman–Crippen MR) is 91.0 cm³/mol. The molecule has 0 heterocycles. The number of hydrogen-bond acceptors (Lipinski definition) is 3. The van der Waals surface area contributed by atoms with E-state index in [4.69, 9.17) is 0 Å². The molecule has 3 heteroatoms. The lowest BCUT2D eigenvalue weighted by atomic mass is 9.76. The Labute approximate surface area is 138 Å². The van der Waals surface area contributed by atoms with Crippen LogP contribution < -0.4 is 0 Å². The molecule has 122 valence electrons. The van der Waals surface area contributed by atoms with Crippen molar-refractivity contribution in [3.63, 3.8) is 0 Å². The van der Waals surface area contributed by atoms with Crippen LogP contribution in [0.1, 0.15) is 49.3 Å². The third-order valence-corrected chi connectivity index (χ3v) is 4.83. The maximum atomic E-state index is 11.2. The Balaban J connectivity index is 1.88. The fourth-order valence-corrected chi connectivity index (χ4v) is 3.69. The van der Waals surface area contributed by atoms with E-state index in [-0.39, 0.29) is 0 Å². The highest BCUT2D eigenvalue weighted by Crippen LogP contribution is 2.41. The SMILES string of the molecule is ON(Cc1ccccc1)C(c1ccccc1)C1(O)CCCCC1. The van der Waals surface area contributed by atoms with Gasteiger partial charge in [-0.1, -0.05) is 79.9 Å². The van der Waals surface area contributed by atoms with Gasteiger partial charge in [-0.15, -0.1) is 0 Å². The van der Waals surface area contributed by atoms with E-state index < -0.39 is 11.6 Å². The third kappa shape index (κ3) is 3.81. The standard InChI is InChI=1S/C20H25NO2/c22-20(14-8-3-9-15-20)19(18-12-6-2-7-13-18)21(23)16-17-10-4-1-5-11-17/h1-2,4-7,10-13,19,22-23H,3,8-9,14-16H2. The van der Waals surface area contributed by atoms with Crippen molar-refractivity contribution in [2.75, 3.05) is 0 Å². The summed E-state index contributed by atoms with van der Waals surface area (Å²) >= 11 is 0. The lowest BCUT2D eigenvalue weighted by Gasteiger charge is -2.42. The van der Waals surface area contributed by atoms with Crippen molar-refractivity contribution in [2.45, 2.75) is 50.3 Å². The summed E-state index contributed by atoms with van der Waals surface area (Å²) in [4.78, 5) is 0. The van der Waals surface area contributed by atoms with Gasteiger partial charge >= 0.3 is 0 Å². The molecular formula is C20H25NO2. The van der Waals surface area contributed by atoms with E-state index in [1.165, 1.54) is 5.06 Å². The van der Waals surface area contributed by atoms with Crippen LogP contribution in [0.3, 0.4) is 0 Å². The molecule has 0 bridgehead atoms. The van der Waals surface area contributed by atoms with Crippen molar-refractivity contribution in [2.24, 2.45) is 0 Å². The molecule has 23 heavy (non-hydrogen) atoms. The van der Waals surface area contributed by atoms with E-state index >= 15 is 0 Å². The van der Waals surface area contributed by atoms with Gasteiger partial charge in [0, 0.05) is 6.54 Å². The van der Waals surface area contributed by atoms with E-state index in [0.29, 0.717) is 6.54 Å². The molecule has 0 aliphatic heterocycles. The Hall–Kier alpha value is -1.68. The van der Waals surface area contributed by atoms with Crippen LogP contribution in [0.15, 0.2) is 60.7 Å². The molecule has 3 nitrogen and oxygen atoms in total. The van der Waals surface area contributed by atoms with Crippen LogP contribution in [0.4, 0.5) is 0 Å². The van der Waals surface area contributed by atoms with Gasteiger partial charge in [0.1, 0.15) is 0 Å². The predicted octanol–water partition coefficient (Wildman–Crippen LogP) is 4.31. The van der Waals surface area contributed by atoms with Gasteiger partial charge in [-0.2, -0.15) is 5.06 Å².